The van der Waals surface area contributed by atoms with E-state index in [1.807, 2.05) is 59.5 Å². The number of piperazine rings is 1. The van der Waals surface area contributed by atoms with Gasteiger partial charge in [-0.05, 0) is 46.9 Å². The van der Waals surface area contributed by atoms with E-state index in [9.17, 15) is 9.59 Å². The normalized spacial score (nSPS) is 23.5. The van der Waals surface area contributed by atoms with E-state index in [0.717, 1.165) is 9.26 Å². The van der Waals surface area contributed by atoms with Crippen molar-refractivity contribution >= 4 is 45.8 Å². The number of para-hydroxylation sites is 2. The van der Waals surface area contributed by atoms with Gasteiger partial charge in [0.2, 0.25) is 0 Å². The van der Waals surface area contributed by atoms with Gasteiger partial charge >= 0.3 is 0 Å². The molecule has 4 rings (SSSR count). The molecule has 2 heterocycles. The number of carbonyl (C=O) groups is 2. The molecule has 2 amide bonds. The third kappa shape index (κ3) is 1.80. The SMILES string of the molecule is O=C1[C@@H]2[C@H](C(=O)N1c1ccccc1I)N2c1ccccc1. The van der Waals surface area contributed by atoms with Gasteiger partial charge in [-0.3, -0.25) is 9.59 Å². The van der Waals surface area contributed by atoms with Crippen molar-refractivity contribution in [3.05, 3.63) is 58.2 Å². The van der Waals surface area contributed by atoms with Gasteiger partial charge < -0.3 is 4.90 Å². The van der Waals surface area contributed by atoms with E-state index >= 15 is 0 Å². The maximum absolute atomic E-state index is 12.6. The van der Waals surface area contributed by atoms with E-state index < -0.39 is 0 Å². The molecular weight excluding hydrogens is 379 g/mol. The van der Waals surface area contributed by atoms with Crippen molar-refractivity contribution in [1.82, 2.24) is 0 Å². The zero-order valence-electron chi connectivity index (χ0n) is 10.9. The van der Waals surface area contributed by atoms with Crippen LogP contribution in [0.2, 0.25) is 0 Å². The Labute approximate surface area is 135 Å². The highest BCUT2D eigenvalue weighted by Crippen LogP contribution is 2.44. The van der Waals surface area contributed by atoms with Crippen molar-refractivity contribution in [2.45, 2.75) is 12.1 Å². The molecule has 2 fully saturated rings. The highest BCUT2D eigenvalue weighted by atomic mass is 127. The number of nitrogens with zero attached hydrogens (tertiary/aromatic N) is 2. The lowest BCUT2D eigenvalue weighted by Gasteiger charge is -2.21. The molecule has 2 atom stereocenters. The second-order valence-corrected chi connectivity index (χ2v) is 6.26. The average Bonchev–Trinajstić information content (AvgIpc) is 3.20. The fraction of sp³-hybridized carbons (Fsp3) is 0.125. The summed E-state index contributed by atoms with van der Waals surface area (Å²) in [4.78, 5) is 28.3. The van der Waals surface area contributed by atoms with Gasteiger partial charge in [-0.2, -0.15) is 0 Å². The molecule has 0 aliphatic carbocycles. The van der Waals surface area contributed by atoms with Gasteiger partial charge in [-0.25, -0.2) is 4.90 Å². The molecule has 5 heteroatoms. The van der Waals surface area contributed by atoms with Crippen molar-refractivity contribution in [2.24, 2.45) is 0 Å². The topological polar surface area (TPSA) is 40.4 Å². The number of hydrogen-bond donors (Lipinski definition) is 0. The van der Waals surface area contributed by atoms with Crippen LogP contribution in [-0.4, -0.2) is 23.9 Å². The predicted molar refractivity (Wildman–Crippen MR) is 88.1 cm³/mol. The summed E-state index contributed by atoms with van der Waals surface area (Å²) in [6, 6.07) is 16.4. The summed E-state index contributed by atoms with van der Waals surface area (Å²) in [5, 5.41) is 0. The summed E-state index contributed by atoms with van der Waals surface area (Å²) in [6.07, 6.45) is 0. The molecule has 0 unspecified atom stereocenters. The molecule has 0 aromatic heterocycles. The monoisotopic (exact) mass is 390 g/mol. The first kappa shape index (κ1) is 12.8. The Morgan fingerprint density at radius 1 is 0.810 bits per heavy atom. The van der Waals surface area contributed by atoms with Crippen molar-refractivity contribution in [2.75, 3.05) is 9.80 Å². The average molecular weight is 390 g/mol. The summed E-state index contributed by atoms with van der Waals surface area (Å²) in [5.41, 5.74) is 1.62. The van der Waals surface area contributed by atoms with Crippen LogP contribution in [0.15, 0.2) is 54.6 Å². The molecule has 0 saturated carbocycles. The van der Waals surface area contributed by atoms with Gasteiger partial charge in [0.15, 0.2) is 0 Å². The molecule has 2 saturated heterocycles. The Kier molecular flexibility index (Phi) is 2.78. The third-order valence-electron chi connectivity index (χ3n) is 3.90. The fourth-order valence-corrected chi connectivity index (χ4v) is 3.53. The van der Waals surface area contributed by atoms with Crippen LogP contribution in [0.1, 0.15) is 0 Å². The minimum absolute atomic E-state index is 0.127. The molecule has 21 heavy (non-hydrogen) atoms. The Morgan fingerprint density at radius 3 is 2.00 bits per heavy atom. The Bertz CT molecular complexity index is 725. The number of rotatable bonds is 2. The number of fused-ring (bicyclic) bond motifs is 1. The summed E-state index contributed by atoms with van der Waals surface area (Å²) in [6.45, 7) is 0. The van der Waals surface area contributed by atoms with E-state index in [2.05, 4.69) is 22.6 Å². The van der Waals surface area contributed by atoms with Crippen molar-refractivity contribution in [3.8, 4) is 0 Å². The minimum Gasteiger partial charge on any atom is -0.343 e. The van der Waals surface area contributed by atoms with Gasteiger partial charge in [0.25, 0.3) is 11.8 Å². The second kappa shape index (κ2) is 4.56. The Hall–Kier alpha value is -1.89. The molecule has 2 aromatic rings. The molecule has 2 aliphatic rings. The smallest absolute Gasteiger partial charge is 0.259 e. The summed E-state index contributed by atoms with van der Waals surface area (Å²) < 4.78 is 0.907. The molecule has 4 nitrogen and oxygen atoms in total. The molecule has 0 bridgehead atoms. The van der Waals surface area contributed by atoms with Gasteiger partial charge in [0.05, 0.1) is 5.69 Å². The zero-order chi connectivity index (χ0) is 14.6. The number of benzene rings is 2. The van der Waals surface area contributed by atoms with Crippen molar-refractivity contribution in [3.63, 3.8) is 0 Å². The Morgan fingerprint density at radius 2 is 1.38 bits per heavy atom. The first-order valence-electron chi connectivity index (χ1n) is 6.66. The van der Waals surface area contributed by atoms with Gasteiger partial charge in [-0.15, -0.1) is 0 Å². The van der Waals surface area contributed by atoms with E-state index in [1.165, 1.54) is 4.90 Å². The van der Waals surface area contributed by atoms with Crippen molar-refractivity contribution < 1.29 is 9.59 Å². The highest BCUT2D eigenvalue weighted by Gasteiger charge is 2.66. The first-order valence-corrected chi connectivity index (χ1v) is 7.74. The molecular formula is C16H11IN2O2. The lowest BCUT2D eigenvalue weighted by molar-refractivity contribution is -0.122. The summed E-state index contributed by atoms with van der Waals surface area (Å²) in [5.74, 6) is -0.254. The van der Waals surface area contributed by atoms with E-state index in [1.54, 1.807) is 0 Å². The maximum Gasteiger partial charge on any atom is 0.259 e. The highest BCUT2D eigenvalue weighted by molar-refractivity contribution is 14.1. The van der Waals surface area contributed by atoms with E-state index in [4.69, 9.17) is 0 Å². The number of halogens is 1. The Balaban J connectivity index is 1.66. The summed E-state index contributed by atoms with van der Waals surface area (Å²) >= 11 is 2.15. The van der Waals surface area contributed by atoms with Gasteiger partial charge in [0.1, 0.15) is 12.1 Å². The molecule has 0 spiro atoms. The summed E-state index contributed by atoms with van der Waals surface area (Å²) in [7, 11) is 0. The van der Waals surface area contributed by atoms with E-state index in [-0.39, 0.29) is 23.9 Å². The van der Waals surface area contributed by atoms with Gasteiger partial charge in [0, 0.05) is 9.26 Å². The fourth-order valence-electron chi connectivity index (χ4n) is 2.90. The van der Waals surface area contributed by atoms with Crippen LogP contribution in [0, 0.1) is 3.57 Å². The lowest BCUT2D eigenvalue weighted by Crippen LogP contribution is -2.39. The van der Waals surface area contributed by atoms with Crippen LogP contribution in [0.25, 0.3) is 0 Å². The first-order chi connectivity index (χ1) is 10.2. The molecule has 104 valence electrons. The lowest BCUT2D eigenvalue weighted by atomic mass is 10.3. The molecule has 0 radical (unpaired) electrons. The van der Waals surface area contributed by atoms with Crippen LogP contribution in [0.5, 0.6) is 0 Å². The third-order valence-corrected chi connectivity index (χ3v) is 4.82. The van der Waals surface area contributed by atoms with Crippen LogP contribution in [0.3, 0.4) is 0 Å². The molecule has 2 aromatic carbocycles. The predicted octanol–water partition coefficient (Wildman–Crippen LogP) is 2.42. The quantitative estimate of drug-likeness (QED) is 0.449. The van der Waals surface area contributed by atoms with Gasteiger partial charge in [-0.1, -0.05) is 30.3 Å². The largest absolute Gasteiger partial charge is 0.343 e. The maximum atomic E-state index is 12.6. The van der Waals surface area contributed by atoms with Crippen LogP contribution in [-0.2, 0) is 9.59 Å². The molecule has 0 N–H and O–H groups in total. The zero-order valence-corrected chi connectivity index (χ0v) is 13.1. The minimum atomic E-state index is -0.337. The molecule has 2 aliphatic heterocycles. The number of carbonyl (C=O) groups excluding carboxylic acids is 2. The van der Waals surface area contributed by atoms with E-state index in [0.29, 0.717) is 5.69 Å². The van der Waals surface area contributed by atoms with Crippen LogP contribution >= 0.6 is 22.6 Å². The van der Waals surface area contributed by atoms with Crippen LogP contribution < -0.4 is 9.80 Å². The second-order valence-electron chi connectivity index (χ2n) is 5.10. The van der Waals surface area contributed by atoms with Crippen LogP contribution in [0.4, 0.5) is 11.4 Å². The standard InChI is InChI=1S/C16H11IN2O2/c17-11-8-4-5-9-12(11)19-15(20)13-14(16(19)21)18(13)10-6-2-1-3-7-10/h1-9,13-14H/t13-,14+,18?. The van der Waals surface area contributed by atoms with Crippen molar-refractivity contribution in [1.29, 1.82) is 0 Å². The number of hydrogen-bond acceptors (Lipinski definition) is 3. The number of imide groups is 1. The number of anilines is 2. The number of amides is 2.